The maximum atomic E-state index is 5.43. The molecule has 1 aromatic carbocycles. The summed E-state index contributed by atoms with van der Waals surface area (Å²) in [4.78, 5) is 10.7. The van der Waals surface area contributed by atoms with Crippen LogP contribution in [0.5, 0.6) is 11.5 Å². The zero-order valence-electron chi connectivity index (χ0n) is 14.5. The van der Waals surface area contributed by atoms with Crippen molar-refractivity contribution >= 4 is 16.7 Å². The first kappa shape index (κ1) is 16.8. The van der Waals surface area contributed by atoms with Crippen molar-refractivity contribution in [3.63, 3.8) is 0 Å². The first-order valence-electron chi connectivity index (χ1n) is 8.41. The quantitative estimate of drug-likeness (QED) is 0.608. The van der Waals surface area contributed by atoms with E-state index in [1.165, 1.54) is 17.1 Å². The Kier molecular flexibility index (Phi) is 4.98. The van der Waals surface area contributed by atoms with Gasteiger partial charge in [0.1, 0.15) is 6.33 Å². The lowest BCUT2D eigenvalue weighted by Gasteiger charge is -2.16. The SMILES string of the molecule is CN(CCCNc1nc(-n2ccnc2)ns1)Cc1ccc2c(c1)OCO2. The first-order chi connectivity index (χ1) is 12.8. The average Bonchev–Trinajstić information content (AvgIpc) is 3.38. The molecule has 0 radical (unpaired) electrons. The molecular formula is C17H20N6O2S. The number of nitrogens with zero attached hydrogens (tertiary/aromatic N) is 5. The number of aromatic nitrogens is 4. The van der Waals surface area contributed by atoms with Crippen LogP contribution in [-0.4, -0.2) is 50.7 Å². The van der Waals surface area contributed by atoms with Crippen LogP contribution in [0.25, 0.3) is 5.95 Å². The summed E-state index contributed by atoms with van der Waals surface area (Å²) < 4.78 is 16.9. The molecule has 0 fully saturated rings. The summed E-state index contributed by atoms with van der Waals surface area (Å²) in [5.74, 6) is 2.31. The number of hydrogen-bond acceptors (Lipinski definition) is 8. The van der Waals surface area contributed by atoms with Crippen LogP contribution in [-0.2, 0) is 6.54 Å². The number of benzene rings is 1. The Labute approximate surface area is 155 Å². The lowest BCUT2D eigenvalue weighted by atomic mass is 10.2. The molecule has 0 bridgehead atoms. The minimum absolute atomic E-state index is 0.314. The van der Waals surface area contributed by atoms with E-state index in [0.717, 1.165) is 42.7 Å². The monoisotopic (exact) mass is 372 g/mol. The third-order valence-corrected chi connectivity index (χ3v) is 4.70. The molecule has 0 saturated carbocycles. The van der Waals surface area contributed by atoms with Gasteiger partial charge in [-0.3, -0.25) is 4.57 Å². The van der Waals surface area contributed by atoms with Crippen molar-refractivity contribution in [1.29, 1.82) is 0 Å². The van der Waals surface area contributed by atoms with Crippen LogP contribution in [0.4, 0.5) is 5.13 Å². The Morgan fingerprint density at radius 3 is 3.12 bits per heavy atom. The molecule has 4 rings (SSSR count). The molecule has 8 nitrogen and oxygen atoms in total. The van der Waals surface area contributed by atoms with Crippen molar-refractivity contribution in [3.05, 3.63) is 42.5 Å². The fourth-order valence-electron chi connectivity index (χ4n) is 2.74. The van der Waals surface area contributed by atoms with Crippen molar-refractivity contribution in [3.8, 4) is 17.4 Å². The zero-order chi connectivity index (χ0) is 17.8. The number of hydrogen-bond donors (Lipinski definition) is 1. The number of fused-ring (bicyclic) bond motifs is 1. The smallest absolute Gasteiger partial charge is 0.248 e. The summed E-state index contributed by atoms with van der Waals surface area (Å²) in [6.45, 7) is 3.02. The van der Waals surface area contributed by atoms with Crippen molar-refractivity contribution in [2.45, 2.75) is 13.0 Å². The van der Waals surface area contributed by atoms with Crippen LogP contribution in [0.15, 0.2) is 36.9 Å². The van der Waals surface area contributed by atoms with E-state index in [-0.39, 0.29) is 0 Å². The lowest BCUT2D eigenvalue weighted by molar-refractivity contribution is 0.174. The molecule has 0 spiro atoms. The summed E-state index contributed by atoms with van der Waals surface area (Å²) in [7, 11) is 2.12. The zero-order valence-corrected chi connectivity index (χ0v) is 15.3. The van der Waals surface area contributed by atoms with Crippen molar-refractivity contribution in [2.24, 2.45) is 0 Å². The van der Waals surface area contributed by atoms with Gasteiger partial charge < -0.3 is 19.7 Å². The second kappa shape index (κ2) is 7.71. The van der Waals surface area contributed by atoms with Crippen LogP contribution >= 0.6 is 11.5 Å². The molecule has 1 N–H and O–H groups in total. The molecule has 0 unspecified atom stereocenters. The summed E-state index contributed by atoms with van der Waals surface area (Å²) in [6.07, 6.45) is 6.25. The van der Waals surface area contributed by atoms with Gasteiger partial charge in [-0.05, 0) is 37.7 Å². The third-order valence-electron chi connectivity index (χ3n) is 4.03. The molecule has 9 heteroatoms. The topological polar surface area (TPSA) is 77.3 Å². The van der Waals surface area contributed by atoms with E-state index >= 15 is 0 Å². The number of anilines is 1. The Bertz CT molecular complexity index is 851. The molecule has 136 valence electrons. The molecular weight excluding hydrogens is 352 g/mol. The number of ether oxygens (including phenoxy) is 2. The number of nitrogens with one attached hydrogen (secondary N) is 1. The van der Waals surface area contributed by atoms with Gasteiger partial charge in [-0.15, -0.1) is 0 Å². The second-order valence-electron chi connectivity index (χ2n) is 6.08. The predicted octanol–water partition coefficient (Wildman–Crippen LogP) is 2.39. The van der Waals surface area contributed by atoms with Crippen LogP contribution in [0.3, 0.4) is 0 Å². The van der Waals surface area contributed by atoms with Gasteiger partial charge in [-0.25, -0.2) is 4.98 Å². The molecule has 1 aliphatic heterocycles. The second-order valence-corrected chi connectivity index (χ2v) is 6.83. The van der Waals surface area contributed by atoms with Crippen molar-refractivity contribution in [1.82, 2.24) is 23.8 Å². The highest BCUT2D eigenvalue weighted by atomic mass is 32.1. The van der Waals surface area contributed by atoms with Crippen LogP contribution in [0.1, 0.15) is 12.0 Å². The Morgan fingerprint density at radius 2 is 2.23 bits per heavy atom. The summed E-state index contributed by atoms with van der Waals surface area (Å²) in [6, 6.07) is 6.11. The minimum Gasteiger partial charge on any atom is -0.454 e. The highest BCUT2D eigenvalue weighted by molar-refractivity contribution is 7.09. The Balaban J connectivity index is 1.20. The number of rotatable bonds is 8. The van der Waals surface area contributed by atoms with Crippen LogP contribution in [0.2, 0.25) is 0 Å². The van der Waals surface area contributed by atoms with Crippen LogP contribution < -0.4 is 14.8 Å². The maximum absolute atomic E-state index is 5.43. The molecule has 0 amide bonds. The van der Waals surface area contributed by atoms with Gasteiger partial charge in [0.25, 0.3) is 0 Å². The standard InChI is InChI=1S/C17H20N6O2S/c1-22(10-13-3-4-14-15(9-13)25-12-24-14)7-2-5-19-17-20-16(21-26-17)23-8-6-18-11-23/h3-4,6,8-9,11H,2,5,7,10,12H2,1H3,(H,19,20,21). The molecule has 0 saturated heterocycles. The molecule has 3 heterocycles. The molecule has 1 aliphatic rings. The van der Waals surface area contributed by atoms with Gasteiger partial charge in [-0.1, -0.05) is 6.07 Å². The highest BCUT2D eigenvalue weighted by Gasteiger charge is 2.13. The van der Waals surface area contributed by atoms with E-state index in [2.05, 4.69) is 43.7 Å². The van der Waals surface area contributed by atoms with Gasteiger partial charge in [-0.2, -0.15) is 9.36 Å². The van der Waals surface area contributed by atoms with E-state index in [0.29, 0.717) is 12.7 Å². The summed E-state index contributed by atoms with van der Waals surface area (Å²) >= 11 is 1.36. The third kappa shape index (κ3) is 3.94. The average molecular weight is 372 g/mol. The van der Waals surface area contributed by atoms with Crippen molar-refractivity contribution < 1.29 is 9.47 Å². The van der Waals surface area contributed by atoms with Crippen LogP contribution in [0, 0.1) is 0 Å². The van der Waals surface area contributed by atoms with Crippen molar-refractivity contribution in [2.75, 3.05) is 32.2 Å². The normalized spacial score (nSPS) is 12.7. The summed E-state index contributed by atoms with van der Waals surface area (Å²) in [5.41, 5.74) is 1.22. The Hall–Kier alpha value is -2.65. The van der Waals surface area contributed by atoms with E-state index in [1.807, 2.05) is 12.3 Å². The molecule has 2 aromatic heterocycles. The fraction of sp³-hybridized carbons (Fsp3) is 0.353. The fourth-order valence-corrected chi connectivity index (χ4v) is 3.34. The number of imidazole rings is 1. The van der Waals surface area contributed by atoms with Gasteiger partial charge >= 0.3 is 0 Å². The highest BCUT2D eigenvalue weighted by Crippen LogP contribution is 2.32. The first-order valence-corrected chi connectivity index (χ1v) is 9.18. The van der Waals surface area contributed by atoms with E-state index < -0.39 is 0 Å². The molecule has 26 heavy (non-hydrogen) atoms. The minimum atomic E-state index is 0.314. The lowest BCUT2D eigenvalue weighted by Crippen LogP contribution is -2.21. The van der Waals surface area contributed by atoms with Gasteiger partial charge in [0.2, 0.25) is 17.9 Å². The van der Waals surface area contributed by atoms with Gasteiger partial charge in [0, 0.05) is 37.0 Å². The van der Waals surface area contributed by atoms with E-state index in [1.54, 1.807) is 17.1 Å². The summed E-state index contributed by atoms with van der Waals surface area (Å²) in [5, 5.41) is 4.15. The van der Waals surface area contributed by atoms with Gasteiger partial charge in [0.15, 0.2) is 11.5 Å². The van der Waals surface area contributed by atoms with E-state index in [4.69, 9.17) is 9.47 Å². The largest absolute Gasteiger partial charge is 0.454 e. The predicted molar refractivity (Wildman–Crippen MR) is 99.0 cm³/mol. The molecule has 0 atom stereocenters. The maximum Gasteiger partial charge on any atom is 0.248 e. The van der Waals surface area contributed by atoms with E-state index in [9.17, 15) is 0 Å². The molecule has 3 aromatic rings. The van der Waals surface area contributed by atoms with Gasteiger partial charge in [0.05, 0.1) is 0 Å². The molecule has 0 aliphatic carbocycles. The Morgan fingerprint density at radius 1 is 1.31 bits per heavy atom.